The predicted octanol–water partition coefficient (Wildman–Crippen LogP) is 2.50. The van der Waals surface area contributed by atoms with Crippen LogP contribution in [0.1, 0.15) is 39.5 Å². The van der Waals surface area contributed by atoms with E-state index in [0.717, 1.165) is 12.0 Å². The smallest absolute Gasteiger partial charge is 0.305 e. The summed E-state index contributed by atoms with van der Waals surface area (Å²) in [4.78, 5) is 22.4. The van der Waals surface area contributed by atoms with Gasteiger partial charge in [0.2, 0.25) is 0 Å². The zero-order chi connectivity index (χ0) is 11.8. The standard InChI is InChI=1S/C12H20O3/c1-9(2)5-7-11(13)10(3)6-8-12(14)15-4/h10H,1,5-8H2,2-4H3. The molecule has 1 unspecified atom stereocenters. The van der Waals surface area contributed by atoms with Crippen molar-refractivity contribution in [3.05, 3.63) is 12.2 Å². The zero-order valence-electron chi connectivity index (χ0n) is 9.84. The number of methoxy groups -OCH3 is 1. The normalized spacial score (nSPS) is 11.9. The molecule has 0 heterocycles. The Bertz CT molecular complexity index is 243. The Morgan fingerprint density at radius 3 is 2.33 bits per heavy atom. The molecule has 3 nitrogen and oxygen atoms in total. The van der Waals surface area contributed by atoms with Crippen molar-refractivity contribution in [2.45, 2.75) is 39.5 Å². The number of ether oxygens (including phenoxy) is 1. The second-order valence-corrected chi connectivity index (χ2v) is 3.94. The molecule has 0 aromatic rings. The molecule has 0 spiro atoms. The SMILES string of the molecule is C=C(C)CCC(=O)C(C)CCC(=O)OC. The molecule has 0 rings (SSSR count). The summed E-state index contributed by atoms with van der Waals surface area (Å²) in [5.41, 5.74) is 1.02. The Morgan fingerprint density at radius 2 is 1.87 bits per heavy atom. The van der Waals surface area contributed by atoms with Crippen LogP contribution >= 0.6 is 0 Å². The van der Waals surface area contributed by atoms with Gasteiger partial charge >= 0.3 is 5.97 Å². The number of carbonyl (C=O) groups excluding carboxylic acids is 2. The monoisotopic (exact) mass is 212 g/mol. The summed E-state index contributed by atoms with van der Waals surface area (Å²) in [6.45, 7) is 7.51. The van der Waals surface area contributed by atoms with Crippen molar-refractivity contribution in [3.8, 4) is 0 Å². The van der Waals surface area contributed by atoms with E-state index in [4.69, 9.17) is 0 Å². The fourth-order valence-electron chi connectivity index (χ4n) is 1.18. The number of allylic oxidation sites excluding steroid dienone is 1. The molecule has 0 radical (unpaired) electrons. The molecule has 0 fully saturated rings. The van der Waals surface area contributed by atoms with Gasteiger partial charge in [-0.05, 0) is 19.8 Å². The first-order valence-corrected chi connectivity index (χ1v) is 5.21. The third-order valence-electron chi connectivity index (χ3n) is 2.36. The lowest BCUT2D eigenvalue weighted by Crippen LogP contribution is -2.13. The van der Waals surface area contributed by atoms with Crippen LogP contribution in [0, 0.1) is 5.92 Å². The molecule has 15 heavy (non-hydrogen) atoms. The van der Waals surface area contributed by atoms with Crippen LogP contribution in [0.15, 0.2) is 12.2 Å². The summed E-state index contributed by atoms with van der Waals surface area (Å²) >= 11 is 0. The Hall–Kier alpha value is -1.12. The number of carbonyl (C=O) groups is 2. The maximum atomic E-state index is 11.6. The largest absolute Gasteiger partial charge is 0.469 e. The number of ketones is 1. The molecule has 0 N–H and O–H groups in total. The highest BCUT2D eigenvalue weighted by molar-refractivity contribution is 5.81. The van der Waals surface area contributed by atoms with E-state index < -0.39 is 0 Å². The highest BCUT2D eigenvalue weighted by Crippen LogP contribution is 2.12. The first-order valence-electron chi connectivity index (χ1n) is 5.21. The minimum atomic E-state index is -0.255. The predicted molar refractivity (Wildman–Crippen MR) is 59.5 cm³/mol. The first-order chi connectivity index (χ1) is 6.97. The molecule has 1 atom stereocenters. The van der Waals surface area contributed by atoms with Crippen LogP contribution in [0.3, 0.4) is 0 Å². The van der Waals surface area contributed by atoms with Crippen LogP contribution in [0.4, 0.5) is 0 Å². The lowest BCUT2D eigenvalue weighted by molar-refractivity contribution is -0.141. The average molecular weight is 212 g/mol. The Labute approximate surface area is 91.5 Å². The van der Waals surface area contributed by atoms with Crippen LogP contribution in [-0.2, 0) is 14.3 Å². The summed E-state index contributed by atoms with van der Waals surface area (Å²) in [6, 6.07) is 0. The minimum absolute atomic E-state index is 0.0663. The molecule has 3 heteroatoms. The van der Waals surface area contributed by atoms with E-state index >= 15 is 0 Å². The molecular weight excluding hydrogens is 192 g/mol. The van der Waals surface area contributed by atoms with Crippen molar-refractivity contribution >= 4 is 11.8 Å². The lowest BCUT2D eigenvalue weighted by atomic mass is 9.96. The van der Waals surface area contributed by atoms with Crippen LogP contribution < -0.4 is 0 Å². The van der Waals surface area contributed by atoms with Crippen molar-refractivity contribution in [2.75, 3.05) is 7.11 Å². The van der Waals surface area contributed by atoms with Gasteiger partial charge in [0.15, 0.2) is 0 Å². The van der Waals surface area contributed by atoms with Gasteiger partial charge in [-0.25, -0.2) is 0 Å². The molecule has 0 aliphatic heterocycles. The van der Waals surface area contributed by atoms with Crippen molar-refractivity contribution in [3.63, 3.8) is 0 Å². The van der Waals surface area contributed by atoms with Crippen molar-refractivity contribution < 1.29 is 14.3 Å². The Balaban J connectivity index is 3.78. The second kappa shape index (κ2) is 7.21. The van der Waals surface area contributed by atoms with E-state index in [1.54, 1.807) is 0 Å². The number of rotatable bonds is 7. The fourth-order valence-corrected chi connectivity index (χ4v) is 1.18. The molecule has 0 saturated heterocycles. The van der Waals surface area contributed by atoms with Gasteiger partial charge in [0.1, 0.15) is 5.78 Å². The average Bonchev–Trinajstić information content (AvgIpc) is 2.21. The highest BCUT2D eigenvalue weighted by atomic mass is 16.5. The molecule has 0 bridgehead atoms. The molecule has 0 aromatic heterocycles. The van der Waals surface area contributed by atoms with Gasteiger partial charge in [-0.1, -0.05) is 12.5 Å². The van der Waals surface area contributed by atoms with Crippen LogP contribution in [0.5, 0.6) is 0 Å². The van der Waals surface area contributed by atoms with Crippen molar-refractivity contribution in [1.29, 1.82) is 0 Å². The number of hydrogen-bond acceptors (Lipinski definition) is 3. The fraction of sp³-hybridized carbons (Fsp3) is 0.667. The number of Topliss-reactive ketones (excluding diaryl/α,β-unsaturated/α-hetero) is 1. The summed E-state index contributed by atoms with van der Waals surface area (Å²) in [5.74, 6) is -0.125. The summed E-state index contributed by atoms with van der Waals surface area (Å²) in [5, 5.41) is 0. The van der Waals surface area contributed by atoms with Gasteiger partial charge in [0.25, 0.3) is 0 Å². The van der Waals surface area contributed by atoms with Crippen LogP contribution in [-0.4, -0.2) is 18.9 Å². The number of hydrogen-bond donors (Lipinski definition) is 0. The van der Waals surface area contributed by atoms with Crippen LogP contribution in [0.2, 0.25) is 0 Å². The van der Waals surface area contributed by atoms with Gasteiger partial charge < -0.3 is 4.74 Å². The minimum Gasteiger partial charge on any atom is -0.469 e. The molecule has 86 valence electrons. The van der Waals surface area contributed by atoms with Gasteiger partial charge in [-0.2, -0.15) is 0 Å². The third kappa shape index (κ3) is 6.89. The van der Waals surface area contributed by atoms with Gasteiger partial charge in [0.05, 0.1) is 7.11 Å². The lowest BCUT2D eigenvalue weighted by Gasteiger charge is -2.09. The number of esters is 1. The Kier molecular flexibility index (Phi) is 6.67. The molecule has 0 amide bonds. The van der Waals surface area contributed by atoms with E-state index in [1.165, 1.54) is 7.11 Å². The zero-order valence-corrected chi connectivity index (χ0v) is 9.84. The van der Waals surface area contributed by atoms with Gasteiger partial charge in [0, 0.05) is 18.8 Å². The first kappa shape index (κ1) is 13.9. The summed E-state index contributed by atoms with van der Waals surface area (Å²) in [7, 11) is 1.36. The van der Waals surface area contributed by atoms with E-state index in [2.05, 4.69) is 11.3 Å². The van der Waals surface area contributed by atoms with Gasteiger partial charge in [-0.15, -0.1) is 6.58 Å². The van der Waals surface area contributed by atoms with Gasteiger partial charge in [-0.3, -0.25) is 9.59 Å². The van der Waals surface area contributed by atoms with E-state index in [-0.39, 0.29) is 17.7 Å². The topological polar surface area (TPSA) is 43.4 Å². The maximum absolute atomic E-state index is 11.6. The molecule has 0 saturated carbocycles. The molecule has 0 aliphatic rings. The maximum Gasteiger partial charge on any atom is 0.305 e. The molecule has 0 aliphatic carbocycles. The molecule has 0 aromatic carbocycles. The Morgan fingerprint density at radius 1 is 1.27 bits per heavy atom. The summed E-state index contributed by atoms with van der Waals surface area (Å²) < 4.78 is 4.51. The van der Waals surface area contributed by atoms with Crippen molar-refractivity contribution in [1.82, 2.24) is 0 Å². The van der Waals surface area contributed by atoms with E-state index in [9.17, 15) is 9.59 Å². The van der Waals surface area contributed by atoms with Crippen molar-refractivity contribution in [2.24, 2.45) is 5.92 Å². The highest BCUT2D eigenvalue weighted by Gasteiger charge is 2.14. The quantitative estimate of drug-likeness (QED) is 0.481. The van der Waals surface area contributed by atoms with E-state index in [1.807, 2.05) is 13.8 Å². The third-order valence-corrected chi connectivity index (χ3v) is 2.36. The summed E-state index contributed by atoms with van der Waals surface area (Å²) in [6.07, 6.45) is 2.15. The van der Waals surface area contributed by atoms with Crippen LogP contribution in [0.25, 0.3) is 0 Å². The van der Waals surface area contributed by atoms with E-state index in [0.29, 0.717) is 19.3 Å². The second-order valence-electron chi connectivity index (χ2n) is 3.94. The molecular formula is C12H20O3.